The Kier molecular flexibility index (Phi) is 2.52. The lowest BCUT2D eigenvalue weighted by Gasteiger charge is -2.22. The van der Waals surface area contributed by atoms with E-state index in [0.29, 0.717) is 0 Å². The third-order valence-corrected chi connectivity index (χ3v) is 2.69. The van der Waals surface area contributed by atoms with Gasteiger partial charge in [-0.2, -0.15) is 13.2 Å². The lowest BCUT2D eigenvalue weighted by Crippen LogP contribution is -2.39. The number of hydrogen-bond acceptors (Lipinski definition) is 5. The van der Waals surface area contributed by atoms with Crippen molar-refractivity contribution in [2.75, 3.05) is 18.2 Å². The summed E-state index contributed by atoms with van der Waals surface area (Å²) in [5, 5.41) is 2.35. The number of nitrogens with one attached hydrogen (secondary N) is 1. The van der Waals surface area contributed by atoms with Crippen LogP contribution >= 0.6 is 0 Å². The number of hydrogen-bond donors (Lipinski definition) is 2. The predicted octanol–water partition coefficient (Wildman–Crippen LogP) is 1.57. The van der Waals surface area contributed by atoms with Crippen molar-refractivity contribution in [1.29, 1.82) is 0 Å². The molecule has 2 rings (SSSR count). The number of nitrogen functional groups attached to an aromatic ring is 1. The Morgan fingerprint density at radius 1 is 1.41 bits per heavy atom. The molecule has 0 saturated heterocycles. The molecule has 0 atom stereocenters. The van der Waals surface area contributed by atoms with Gasteiger partial charge in [-0.15, -0.1) is 0 Å². The molecule has 0 amide bonds. The first-order valence-electron chi connectivity index (χ1n) is 4.89. The molecule has 0 radical (unpaired) electrons. The number of nitrogens with zero attached hydrogens (tertiary/aromatic N) is 2. The van der Waals surface area contributed by atoms with Gasteiger partial charge in [0.25, 0.3) is 0 Å². The zero-order chi connectivity index (χ0) is 12.7. The van der Waals surface area contributed by atoms with E-state index < -0.39 is 11.7 Å². The minimum atomic E-state index is -4.32. The summed E-state index contributed by atoms with van der Waals surface area (Å²) in [7, 11) is 1.30. The Bertz CT molecular complexity index is 431. The monoisotopic (exact) mass is 248 g/mol. The van der Waals surface area contributed by atoms with Crippen LogP contribution in [0, 0.1) is 0 Å². The van der Waals surface area contributed by atoms with E-state index in [9.17, 15) is 13.2 Å². The number of aromatic nitrogens is 2. The molecule has 1 saturated carbocycles. The summed E-state index contributed by atoms with van der Waals surface area (Å²) in [6.45, 7) is 0. The van der Waals surface area contributed by atoms with Crippen LogP contribution in [0.3, 0.4) is 0 Å². The van der Waals surface area contributed by atoms with Crippen LogP contribution in [-0.2, 0) is 0 Å². The number of anilines is 2. The van der Waals surface area contributed by atoms with Gasteiger partial charge < -0.3 is 15.8 Å². The molecule has 0 aromatic carbocycles. The molecule has 0 spiro atoms. The van der Waals surface area contributed by atoms with Crippen LogP contribution in [-0.4, -0.2) is 28.8 Å². The number of ether oxygens (including phenoxy) is 1. The minimum Gasteiger partial charge on any atom is -0.490 e. The van der Waals surface area contributed by atoms with Gasteiger partial charge in [0.2, 0.25) is 5.75 Å². The molecule has 5 nitrogen and oxygen atoms in total. The van der Waals surface area contributed by atoms with Crippen LogP contribution < -0.4 is 15.8 Å². The fraction of sp³-hybridized carbons (Fsp3) is 0.556. The van der Waals surface area contributed by atoms with Crippen LogP contribution in [0.2, 0.25) is 0 Å². The molecular formula is C9H11F3N4O. The molecule has 17 heavy (non-hydrogen) atoms. The predicted molar refractivity (Wildman–Crippen MR) is 54.6 cm³/mol. The number of methoxy groups -OCH3 is 1. The van der Waals surface area contributed by atoms with E-state index in [-0.39, 0.29) is 30.2 Å². The van der Waals surface area contributed by atoms with Gasteiger partial charge >= 0.3 is 6.18 Å². The highest BCUT2D eigenvalue weighted by atomic mass is 19.4. The maximum absolute atomic E-state index is 12.7. The molecule has 1 aliphatic carbocycles. The van der Waals surface area contributed by atoms with E-state index in [2.05, 4.69) is 15.3 Å². The largest absolute Gasteiger partial charge is 0.490 e. The van der Waals surface area contributed by atoms with Gasteiger partial charge in [-0.1, -0.05) is 0 Å². The van der Waals surface area contributed by atoms with Gasteiger partial charge in [0, 0.05) is 0 Å². The molecule has 1 aromatic heterocycles. The SMILES string of the molecule is COc1c(N)ncnc1NC1(C(F)(F)F)CC1. The second-order valence-electron chi connectivity index (χ2n) is 3.85. The molecule has 3 N–H and O–H groups in total. The lowest BCUT2D eigenvalue weighted by molar-refractivity contribution is -0.151. The molecule has 1 fully saturated rings. The van der Waals surface area contributed by atoms with Gasteiger partial charge in [-0.3, -0.25) is 0 Å². The van der Waals surface area contributed by atoms with Crippen molar-refractivity contribution in [2.45, 2.75) is 24.6 Å². The maximum Gasteiger partial charge on any atom is 0.411 e. The third kappa shape index (κ3) is 1.94. The Morgan fingerprint density at radius 2 is 2.06 bits per heavy atom. The number of nitrogens with two attached hydrogens (primary N) is 1. The van der Waals surface area contributed by atoms with Crippen molar-refractivity contribution < 1.29 is 17.9 Å². The first kappa shape index (κ1) is 11.7. The highest BCUT2D eigenvalue weighted by Gasteiger charge is 2.64. The van der Waals surface area contributed by atoms with Gasteiger partial charge in [0.15, 0.2) is 11.6 Å². The molecule has 1 aromatic rings. The number of rotatable bonds is 3. The standard InChI is InChI=1S/C9H11F3N4O/c1-17-5-6(13)14-4-15-7(5)16-8(2-3-8)9(10,11)12/h4H,2-3H2,1H3,(H3,13,14,15,16). The van der Waals surface area contributed by atoms with E-state index >= 15 is 0 Å². The smallest absolute Gasteiger partial charge is 0.411 e. The molecule has 0 unspecified atom stereocenters. The second kappa shape index (κ2) is 3.64. The molecule has 94 valence electrons. The molecule has 0 aliphatic heterocycles. The van der Waals surface area contributed by atoms with Crippen LogP contribution in [0.5, 0.6) is 5.75 Å². The van der Waals surface area contributed by atoms with Crippen LogP contribution in [0.1, 0.15) is 12.8 Å². The van der Waals surface area contributed by atoms with Crippen molar-refractivity contribution in [3.05, 3.63) is 6.33 Å². The third-order valence-electron chi connectivity index (χ3n) is 2.69. The number of halogens is 3. The molecular weight excluding hydrogens is 237 g/mol. The first-order chi connectivity index (χ1) is 7.89. The Morgan fingerprint density at radius 3 is 2.53 bits per heavy atom. The fourth-order valence-electron chi connectivity index (χ4n) is 1.51. The molecule has 8 heteroatoms. The molecule has 1 heterocycles. The Hall–Kier alpha value is -1.73. The van der Waals surface area contributed by atoms with Crippen molar-refractivity contribution >= 4 is 11.6 Å². The van der Waals surface area contributed by atoms with Crippen molar-refractivity contribution in [3.63, 3.8) is 0 Å². The van der Waals surface area contributed by atoms with Gasteiger partial charge in [-0.05, 0) is 12.8 Å². The summed E-state index contributed by atoms with van der Waals surface area (Å²) in [4.78, 5) is 7.37. The summed E-state index contributed by atoms with van der Waals surface area (Å²) in [5.74, 6) is 0.000763. The summed E-state index contributed by atoms with van der Waals surface area (Å²) in [6, 6.07) is 0. The maximum atomic E-state index is 12.7. The van der Waals surface area contributed by atoms with E-state index in [1.54, 1.807) is 0 Å². The van der Waals surface area contributed by atoms with E-state index in [1.165, 1.54) is 7.11 Å². The summed E-state index contributed by atoms with van der Waals surface area (Å²) in [6.07, 6.45) is -3.20. The minimum absolute atomic E-state index is 0.00275. The van der Waals surface area contributed by atoms with Gasteiger partial charge in [0.05, 0.1) is 7.11 Å². The normalized spacial score (nSPS) is 17.6. The summed E-state index contributed by atoms with van der Waals surface area (Å²) < 4.78 is 43.1. The summed E-state index contributed by atoms with van der Waals surface area (Å²) in [5.41, 5.74) is 3.58. The zero-order valence-corrected chi connectivity index (χ0v) is 9.01. The van der Waals surface area contributed by atoms with Crippen LogP contribution in [0.4, 0.5) is 24.8 Å². The van der Waals surface area contributed by atoms with E-state index in [4.69, 9.17) is 10.5 Å². The van der Waals surface area contributed by atoms with E-state index in [0.717, 1.165) is 6.33 Å². The van der Waals surface area contributed by atoms with Crippen molar-refractivity contribution in [2.24, 2.45) is 0 Å². The highest BCUT2D eigenvalue weighted by molar-refractivity contribution is 5.63. The van der Waals surface area contributed by atoms with Crippen molar-refractivity contribution in [1.82, 2.24) is 9.97 Å². The summed E-state index contributed by atoms with van der Waals surface area (Å²) >= 11 is 0. The fourth-order valence-corrected chi connectivity index (χ4v) is 1.51. The Balaban J connectivity index is 2.28. The second-order valence-corrected chi connectivity index (χ2v) is 3.85. The highest BCUT2D eigenvalue weighted by Crippen LogP contribution is 2.51. The van der Waals surface area contributed by atoms with Crippen molar-refractivity contribution in [3.8, 4) is 5.75 Å². The van der Waals surface area contributed by atoms with Crippen LogP contribution in [0.25, 0.3) is 0 Å². The average Bonchev–Trinajstić information content (AvgIpc) is 2.98. The molecule has 1 aliphatic rings. The molecule has 0 bridgehead atoms. The Labute approximate surface area is 95.2 Å². The zero-order valence-electron chi connectivity index (χ0n) is 9.01. The van der Waals surface area contributed by atoms with Gasteiger partial charge in [-0.25, -0.2) is 9.97 Å². The van der Waals surface area contributed by atoms with E-state index in [1.807, 2.05) is 0 Å². The number of alkyl halides is 3. The lowest BCUT2D eigenvalue weighted by atomic mass is 10.2. The first-order valence-corrected chi connectivity index (χ1v) is 4.89. The quantitative estimate of drug-likeness (QED) is 0.849. The van der Waals surface area contributed by atoms with Gasteiger partial charge in [0.1, 0.15) is 11.9 Å². The van der Waals surface area contributed by atoms with Crippen LogP contribution in [0.15, 0.2) is 6.33 Å². The average molecular weight is 248 g/mol. The topological polar surface area (TPSA) is 73.1 Å².